The summed E-state index contributed by atoms with van der Waals surface area (Å²) in [5.74, 6) is 0.0614. The number of carbonyl (C=O) groups is 1. The van der Waals surface area contributed by atoms with Crippen molar-refractivity contribution in [1.82, 2.24) is 9.78 Å². The summed E-state index contributed by atoms with van der Waals surface area (Å²) in [5.41, 5.74) is 0.952. The van der Waals surface area contributed by atoms with Crippen molar-refractivity contribution >= 4 is 23.2 Å². The highest BCUT2D eigenvalue weighted by molar-refractivity contribution is 6.32. The summed E-state index contributed by atoms with van der Waals surface area (Å²) in [7, 11) is 0. The lowest BCUT2D eigenvalue weighted by atomic mass is 10.2. The van der Waals surface area contributed by atoms with Crippen LogP contribution in [0.4, 0.5) is 5.69 Å². The molecule has 0 unspecified atom stereocenters. The fourth-order valence-corrected chi connectivity index (χ4v) is 4.27. The molecule has 0 atom stereocenters. The normalized spacial score (nSPS) is 15.9. The maximum absolute atomic E-state index is 12.9. The van der Waals surface area contributed by atoms with Crippen LogP contribution >= 0.6 is 11.6 Å². The van der Waals surface area contributed by atoms with E-state index in [0.717, 1.165) is 25.7 Å². The van der Waals surface area contributed by atoms with Gasteiger partial charge in [0.25, 0.3) is 11.7 Å². The number of nitrogens with zero attached hydrogens (tertiary/aromatic N) is 2. The number of amides is 1. The van der Waals surface area contributed by atoms with E-state index in [-0.39, 0.29) is 5.69 Å². The Morgan fingerprint density at radius 2 is 1.84 bits per heavy atom. The van der Waals surface area contributed by atoms with E-state index >= 15 is 0 Å². The minimum Gasteiger partial charge on any atom is -0.448 e. The number of carbonyl (C=O) groups excluding carboxylic acids is 1. The van der Waals surface area contributed by atoms with E-state index in [0.29, 0.717) is 33.6 Å². The van der Waals surface area contributed by atoms with Crippen LogP contribution in [-0.4, -0.2) is 21.5 Å². The zero-order valence-electron chi connectivity index (χ0n) is 16.9. The summed E-state index contributed by atoms with van der Waals surface area (Å²) < 4.78 is 13.5. The molecule has 0 saturated heterocycles. The first-order valence-electron chi connectivity index (χ1n) is 10.1. The number of rotatable bonds is 3. The summed E-state index contributed by atoms with van der Waals surface area (Å²) in [5, 5.41) is 7.48. The smallest absolute Gasteiger partial charge is 0.280 e. The molecule has 1 spiro atoms. The van der Waals surface area contributed by atoms with E-state index in [1.165, 1.54) is 10.7 Å². The van der Waals surface area contributed by atoms with Crippen LogP contribution < -0.4 is 20.2 Å². The SMILES string of the molecule is Cc1cc(=O)c(C(=O)Nc2ccc3c(c2)OC2(CCCC2)O3)nn1-c1ccccc1Cl. The van der Waals surface area contributed by atoms with Crippen LogP contribution in [0.15, 0.2) is 53.3 Å². The van der Waals surface area contributed by atoms with Gasteiger partial charge in [-0.15, -0.1) is 0 Å². The summed E-state index contributed by atoms with van der Waals surface area (Å²) >= 11 is 6.27. The Morgan fingerprint density at radius 1 is 1.10 bits per heavy atom. The number of aromatic nitrogens is 2. The number of benzene rings is 2. The Balaban J connectivity index is 1.42. The minimum atomic E-state index is -0.611. The molecular weight excluding hydrogens is 418 g/mol. The van der Waals surface area contributed by atoms with Gasteiger partial charge < -0.3 is 14.8 Å². The molecule has 158 valence electrons. The molecule has 5 rings (SSSR count). The van der Waals surface area contributed by atoms with Crippen molar-refractivity contribution in [1.29, 1.82) is 0 Å². The third-order valence-electron chi connectivity index (χ3n) is 5.56. The first-order valence-corrected chi connectivity index (χ1v) is 10.5. The number of para-hydroxylation sites is 1. The second-order valence-corrected chi connectivity index (χ2v) is 8.21. The van der Waals surface area contributed by atoms with E-state index in [1.54, 1.807) is 43.3 Å². The monoisotopic (exact) mass is 437 g/mol. The molecule has 2 aromatic carbocycles. The van der Waals surface area contributed by atoms with Gasteiger partial charge in [-0.1, -0.05) is 23.7 Å². The van der Waals surface area contributed by atoms with E-state index in [9.17, 15) is 9.59 Å². The lowest BCUT2D eigenvalue weighted by Crippen LogP contribution is -2.34. The van der Waals surface area contributed by atoms with Gasteiger partial charge in [-0.25, -0.2) is 4.68 Å². The number of anilines is 1. The van der Waals surface area contributed by atoms with E-state index in [2.05, 4.69) is 10.4 Å². The molecule has 0 bridgehead atoms. The Bertz CT molecular complexity index is 1250. The summed E-state index contributed by atoms with van der Waals surface area (Å²) in [4.78, 5) is 25.4. The third kappa shape index (κ3) is 3.55. The van der Waals surface area contributed by atoms with Crippen LogP contribution in [0.5, 0.6) is 11.5 Å². The van der Waals surface area contributed by atoms with Gasteiger partial charge in [0, 0.05) is 36.4 Å². The summed E-state index contributed by atoms with van der Waals surface area (Å²) in [6, 6.07) is 13.7. The Labute approximate surface area is 183 Å². The van der Waals surface area contributed by atoms with Crippen LogP contribution in [-0.2, 0) is 0 Å². The fourth-order valence-electron chi connectivity index (χ4n) is 4.05. The Morgan fingerprint density at radius 3 is 2.61 bits per heavy atom. The Kier molecular flexibility index (Phi) is 4.70. The van der Waals surface area contributed by atoms with Crippen molar-refractivity contribution in [2.45, 2.75) is 38.4 Å². The van der Waals surface area contributed by atoms with Crippen LogP contribution in [0, 0.1) is 6.92 Å². The molecule has 3 aromatic rings. The highest BCUT2D eigenvalue weighted by Crippen LogP contribution is 2.47. The highest BCUT2D eigenvalue weighted by Gasteiger charge is 2.44. The maximum atomic E-state index is 12.9. The molecule has 1 aromatic heterocycles. The van der Waals surface area contributed by atoms with Crippen LogP contribution in [0.3, 0.4) is 0 Å². The van der Waals surface area contributed by atoms with Gasteiger partial charge in [0.05, 0.1) is 10.7 Å². The predicted octanol–water partition coefficient (Wildman–Crippen LogP) is 4.49. The summed E-state index contributed by atoms with van der Waals surface area (Å²) in [6.07, 6.45) is 3.82. The van der Waals surface area contributed by atoms with Crippen molar-refractivity contribution < 1.29 is 14.3 Å². The first-order chi connectivity index (χ1) is 14.9. The van der Waals surface area contributed by atoms with E-state index in [4.69, 9.17) is 21.1 Å². The van der Waals surface area contributed by atoms with Crippen molar-refractivity contribution in [3.8, 4) is 17.2 Å². The van der Waals surface area contributed by atoms with Gasteiger partial charge in [0.15, 0.2) is 17.2 Å². The predicted molar refractivity (Wildman–Crippen MR) is 116 cm³/mol. The molecule has 1 amide bonds. The van der Waals surface area contributed by atoms with E-state index < -0.39 is 17.1 Å². The lowest BCUT2D eigenvalue weighted by Gasteiger charge is -2.21. The molecule has 1 aliphatic heterocycles. The molecule has 1 saturated carbocycles. The van der Waals surface area contributed by atoms with Crippen molar-refractivity contribution in [3.05, 3.63) is 75.2 Å². The second kappa shape index (κ2) is 7.42. The van der Waals surface area contributed by atoms with Gasteiger partial charge in [0.1, 0.15) is 0 Å². The molecule has 1 N–H and O–H groups in total. The average molecular weight is 438 g/mol. The molecule has 7 nitrogen and oxygen atoms in total. The molecule has 1 aliphatic carbocycles. The topological polar surface area (TPSA) is 82.5 Å². The van der Waals surface area contributed by atoms with Gasteiger partial charge in [-0.05, 0) is 44.0 Å². The second-order valence-electron chi connectivity index (χ2n) is 7.80. The highest BCUT2D eigenvalue weighted by atomic mass is 35.5. The average Bonchev–Trinajstić information content (AvgIpc) is 3.34. The quantitative estimate of drug-likeness (QED) is 0.652. The molecule has 1 fully saturated rings. The van der Waals surface area contributed by atoms with Gasteiger partial charge in [-0.3, -0.25) is 9.59 Å². The van der Waals surface area contributed by atoms with Crippen LogP contribution in [0.25, 0.3) is 5.69 Å². The number of hydrogen-bond donors (Lipinski definition) is 1. The first kappa shape index (κ1) is 19.6. The fraction of sp³-hybridized carbons (Fsp3) is 0.261. The molecule has 31 heavy (non-hydrogen) atoms. The van der Waals surface area contributed by atoms with Gasteiger partial charge in [-0.2, -0.15) is 5.10 Å². The number of ether oxygens (including phenoxy) is 2. The molecule has 2 heterocycles. The number of hydrogen-bond acceptors (Lipinski definition) is 5. The minimum absolute atomic E-state index is 0.226. The largest absolute Gasteiger partial charge is 0.448 e. The molecule has 8 heteroatoms. The number of fused-ring (bicyclic) bond motifs is 1. The molecule has 0 radical (unpaired) electrons. The van der Waals surface area contributed by atoms with Gasteiger partial charge in [0.2, 0.25) is 5.43 Å². The van der Waals surface area contributed by atoms with E-state index in [1.807, 2.05) is 6.07 Å². The zero-order valence-corrected chi connectivity index (χ0v) is 17.6. The van der Waals surface area contributed by atoms with Crippen LogP contribution in [0.1, 0.15) is 41.9 Å². The zero-order chi connectivity index (χ0) is 21.6. The molecular formula is C23H20ClN3O4. The number of halogens is 1. The third-order valence-corrected chi connectivity index (χ3v) is 5.88. The lowest BCUT2D eigenvalue weighted by molar-refractivity contribution is -0.0716. The number of aryl methyl sites for hydroxylation is 1. The van der Waals surface area contributed by atoms with Crippen molar-refractivity contribution in [3.63, 3.8) is 0 Å². The van der Waals surface area contributed by atoms with Gasteiger partial charge >= 0.3 is 0 Å². The number of nitrogens with one attached hydrogen (secondary N) is 1. The van der Waals surface area contributed by atoms with Crippen LogP contribution in [0.2, 0.25) is 5.02 Å². The summed E-state index contributed by atoms with van der Waals surface area (Å²) in [6.45, 7) is 1.73. The molecule has 2 aliphatic rings. The maximum Gasteiger partial charge on any atom is 0.280 e. The van der Waals surface area contributed by atoms with Crippen molar-refractivity contribution in [2.75, 3.05) is 5.32 Å². The van der Waals surface area contributed by atoms with Crippen molar-refractivity contribution in [2.24, 2.45) is 0 Å². The standard InChI is InChI=1S/C23H20ClN3O4/c1-14-12-18(28)21(26-27(14)17-7-3-2-6-16(17)24)22(29)25-15-8-9-19-20(13-15)31-23(30-19)10-4-5-11-23/h2-3,6-9,12-13H,4-5,10-11H2,1H3,(H,25,29). The Hall–Kier alpha value is -3.32.